The molecular weight excluding hydrogens is 600 g/mol. The second-order valence-electron chi connectivity index (χ2n) is 13.9. The van der Waals surface area contributed by atoms with E-state index in [1.165, 1.54) is 0 Å². The average Bonchev–Trinajstić information content (AvgIpc) is 3.01. The first-order valence-electron chi connectivity index (χ1n) is 16.0. The van der Waals surface area contributed by atoms with Gasteiger partial charge < -0.3 is 24.4 Å². The maximum Gasteiger partial charge on any atom is 0.338 e. The number of hydrogen-bond donors (Lipinski definition) is 2. The molecule has 0 aliphatic rings. The Hall–Kier alpha value is -4.65. The molecule has 0 bridgehead atoms. The Kier molecular flexibility index (Phi) is 11.9. The Balaban J connectivity index is 0.000000264. The van der Waals surface area contributed by atoms with E-state index in [1.807, 2.05) is 107 Å². The molecule has 0 atom stereocenters. The molecule has 0 heterocycles. The molecule has 0 amide bonds. The summed E-state index contributed by atoms with van der Waals surface area (Å²) in [6.45, 7) is 24.0. The summed E-state index contributed by atoms with van der Waals surface area (Å²) >= 11 is 0. The monoisotopic (exact) mass is 650 g/mol. The van der Waals surface area contributed by atoms with Crippen molar-refractivity contribution in [2.24, 2.45) is 0 Å². The van der Waals surface area contributed by atoms with Crippen LogP contribution >= 0.6 is 0 Å². The molecule has 4 aromatic carbocycles. The van der Waals surface area contributed by atoms with E-state index in [2.05, 4.69) is 13.2 Å². The van der Waals surface area contributed by atoms with Crippen molar-refractivity contribution in [3.05, 3.63) is 144 Å². The van der Waals surface area contributed by atoms with Crippen LogP contribution in [0.5, 0.6) is 17.2 Å². The lowest BCUT2D eigenvalue weighted by atomic mass is 9.91. The topological polar surface area (TPSA) is 85.2 Å². The quantitative estimate of drug-likeness (QED) is 0.0955. The van der Waals surface area contributed by atoms with Gasteiger partial charge in [-0.15, -0.1) is 0 Å². The van der Waals surface area contributed by atoms with Gasteiger partial charge in [-0.1, -0.05) is 67.8 Å². The van der Waals surface area contributed by atoms with Gasteiger partial charge in [0.05, 0.1) is 11.2 Å². The van der Waals surface area contributed by atoms with Crippen molar-refractivity contribution in [2.75, 3.05) is 0 Å². The average molecular weight is 651 g/mol. The molecule has 0 spiro atoms. The van der Waals surface area contributed by atoms with Crippen LogP contribution < -0.4 is 14.2 Å². The van der Waals surface area contributed by atoms with E-state index in [9.17, 15) is 15.0 Å². The number of carbonyl (C=O) groups excluding carboxylic acids is 1. The molecule has 0 aromatic heterocycles. The smallest absolute Gasteiger partial charge is 0.338 e. The molecule has 6 nitrogen and oxygen atoms in total. The molecular formula is C42H50O6. The molecule has 0 aliphatic carbocycles. The standard InChI is InChI=1S/C22H26O4.C20H24O2/c1-15(2)20(23)25-18-10-12-19(13-11-18)26-22(5,6)17-9-7-8-16(14-17)21(3,4)24;1-6-15-10-12-18(13-11-15)22-20(4,5)17-9-7-8-16(14-17)19(2,3)21/h7-14,24H,1H2,2-6H3;6-14,21H,1H2,2-5H3. The predicted molar refractivity (Wildman–Crippen MR) is 194 cm³/mol. The maximum atomic E-state index is 11.6. The number of benzene rings is 4. The number of rotatable bonds is 11. The second kappa shape index (κ2) is 15.1. The van der Waals surface area contributed by atoms with Crippen LogP contribution in [-0.2, 0) is 27.2 Å². The number of hydrogen-bond acceptors (Lipinski definition) is 6. The highest BCUT2D eigenvalue weighted by Gasteiger charge is 2.27. The Morgan fingerprint density at radius 1 is 0.604 bits per heavy atom. The molecule has 4 aromatic rings. The molecule has 0 saturated heterocycles. The van der Waals surface area contributed by atoms with Gasteiger partial charge in [-0.2, -0.15) is 0 Å². The summed E-state index contributed by atoms with van der Waals surface area (Å²) in [5.74, 6) is 1.44. The molecule has 254 valence electrons. The SMILES string of the molecule is C=C(C)C(=O)Oc1ccc(OC(C)(C)c2cccc(C(C)(C)O)c2)cc1.C=Cc1ccc(OC(C)(C)c2cccc(C(C)(C)O)c2)cc1. The van der Waals surface area contributed by atoms with E-state index in [4.69, 9.17) is 14.2 Å². The largest absolute Gasteiger partial charge is 0.483 e. The summed E-state index contributed by atoms with van der Waals surface area (Å²) in [6.07, 6.45) is 1.81. The highest BCUT2D eigenvalue weighted by molar-refractivity contribution is 5.88. The van der Waals surface area contributed by atoms with Crippen molar-refractivity contribution < 1.29 is 29.2 Å². The minimum absolute atomic E-state index is 0.346. The zero-order chi connectivity index (χ0) is 35.9. The minimum Gasteiger partial charge on any atom is -0.483 e. The van der Waals surface area contributed by atoms with E-state index < -0.39 is 28.4 Å². The van der Waals surface area contributed by atoms with Gasteiger partial charge in [0, 0.05) is 5.57 Å². The van der Waals surface area contributed by atoms with E-state index in [-0.39, 0.29) is 0 Å². The van der Waals surface area contributed by atoms with Gasteiger partial charge >= 0.3 is 5.97 Å². The van der Waals surface area contributed by atoms with Gasteiger partial charge in [0.25, 0.3) is 0 Å². The fraction of sp³-hybridized carbons (Fsp3) is 0.310. The number of carbonyl (C=O) groups is 1. The molecule has 48 heavy (non-hydrogen) atoms. The fourth-order valence-corrected chi connectivity index (χ4v) is 4.70. The van der Waals surface area contributed by atoms with Gasteiger partial charge in [0.15, 0.2) is 0 Å². The van der Waals surface area contributed by atoms with Crippen LogP contribution in [-0.4, -0.2) is 16.2 Å². The summed E-state index contributed by atoms with van der Waals surface area (Å²) in [6, 6.07) is 30.3. The summed E-state index contributed by atoms with van der Waals surface area (Å²) in [5.41, 5.74) is 2.23. The second-order valence-corrected chi connectivity index (χ2v) is 13.9. The van der Waals surface area contributed by atoms with Crippen molar-refractivity contribution >= 4 is 12.0 Å². The number of aliphatic hydroxyl groups is 2. The molecule has 2 N–H and O–H groups in total. The van der Waals surface area contributed by atoms with Gasteiger partial charge in [-0.25, -0.2) is 4.79 Å². The molecule has 0 radical (unpaired) electrons. The summed E-state index contributed by atoms with van der Waals surface area (Å²) in [5, 5.41) is 20.4. The van der Waals surface area contributed by atoms with Crippen LogP contribution in [0.1, 0.15) is 90.1 Å². The molecule has 4 rings (SSSR count). The first kappa shape index (κ1) is 37.8. The van der Waals surface area contributed by atoms with Crippen molar-refractivity contribution in [3.8, 4) is 17.2 Å². The Morgan fingerprint density at radius 2 is 0.958 bits per heavy atom. The van der Waals surface area contributed by atoms with Crippen molar-refractivity contribution in [2.45, 2.75) is 84.7 Å². The van der Waals surface area contributed by atoms with E-state index in [0.29, 0.717) is 17.1 Å². The van der Waals surface area contributed by atoms with Crippen LogP contribution in [0, 0.1) is 0 Å². The third-order valence-electron chi connectivity index (χ3n) is 7.77. The van der Waals surface area contributed by atoms with Crippen LogP contribution in [0.3, 0.4) is 0 Å². The lowest BCUT2D eigenvalue weighted by Gasteiger charge is -2.29. The summed E-state index contributed by atoms with van der Waals surface area (Å²) < 4.78 is 17.4. The van der Waals surface area contributed by atoms with Gasteiger partial charge in [-0.05, 0) is 139 Å². The minimum atomic E-state index is -0.916. The van der Waals surface area contributed by atoms with Gasteiger partial charge in [-0.3, -0.25) is 0 Å². The first-order chi connectivity index (χ1) is 22.2. The maximum absolute atomic E-state index is 11.6. The molecule has 0 unspecified atom stereocenters. The van der Waals surface area contributed by atoms with E-state index >= 15 is 0 Å². The number of esters is 1. The lowest BCUT2D eigenvalue weighted by Crippen LogP contribution is -2.26. The fourth-order valence-electron chi connectivity index (χ4n) is 4.70. The van der Waals surface area contributed by atoms with Crippen molar-refractivity contribution in [3.63, 3.8) is 0 Å². The van der Waals surface area contributed by atoms with Gasteiger partial charge in [0.1, 0.15) is 28.5 Å². The van der Waals surface area contributed by atoms with Crippen LogP contribution in [0.25, 0.3) is 6.08 Å². The Labute approximate surface area is 286 Å². The van der Waals surface area contributed by atoms with Crippen LogP contribution in [0.15, 0.2) is 116 Å². The van der Waals surface area contributed by atoms with E-state index in [0.717, 1.165) is 33.6 Å². The van der Waals surface area contributed by atoms with Gasteiger partial charge in [0.2, 0.25) is 0 Å². The molecule has 0 aliphatic heterocycles. The third kappa shape index (κ3) is 10.7. The summed E-state index contributed by atoms with van der Waals surface area (Å²) in [4.78, 5) is 11.6. The molecule has 0 saturated carbocycles. The zero-order valence-electron chi connectivity index (χ0n) is 29.8. The third-order valence-corrected chi connectivity index (χ3v) is 7.77. The van der Waals surface area contributed by atoms with Crippen molar-refractivity contribution in [1.29, 1.82) is 0 Å². The van der Waals surface area contributed by atoms with E-state index in [1.54, 1.807) is 58.9 Å². The Morgan fingerprint density at radius 3 is 1.31 bits per heavy atom. The predicted octanol–water partition coefficient (Wildman–Crippen LogP) is 9.58. The molecule has 0 fully saturated rings. The Bertz CT molecular complexity index is 1700. The number of ether oxygens (including phenoxy) is 3. The molecule has 6 heteroatoms. The normalized spacial score (nSPS) is 11.9. The first-order valence-corrected chi connectivity index (χ1v) is 16.0. The highest BCUT2D eigenvalue weighted by atomic mass is 16.5. The summed E-state index contributed by atoms with van der Waals surface area (Å²) in [7, 11) is 0. The lowest BCUT2D eigenvalue weighted by molar-refractivity contribution is -0.130. The highest BCUT2D eigenvalue weighted by Crippen LogP contribution is 2.33. The van der Waals surface area contributed by atoms with Crippen molar-refractivity contribution in [1.82, 2.24) is 0 Å². The van der Waals surface area contributed by atoms with Crippen LogP contribution in [0.2, 0.25) is 0 Å². The van der Waals surface area contributed by atoms with Crippen LogP contribution in [0.4, 0.5) is 0 Å². The zero-order valence-corrected chi connectivity index (χ0v) is 29.8.